The molecule has 2 aromatic rings. The molecule has 3 rings (SSSR count). The minimum absolute atomic E-state index is 0.287. The van der Waals surface area contributed by atoms with Gasteiger partial charge in [0, 0.05) is 18.8 Å². The topological polar surface area (TPSA) is 71.9 Å². The normalized spacial score (nSPS) is 19.8. The van der Waals surface area contributed by atoms with E-state index in [1.807, 2.05) is 13.8 Å². The Bertz CT molecular complexity index is 695. The van der Waals surface area contributed by atoms with Gasteiger partial charge in [-0.05, 0) is 13.8 Å². The highest BCUT2D eigenvalue weighted by Gasteiger charge is 2.32. The number of imidazole rings is 1. The largest absolute Gasteiger partial charge is 0.408 e. The molecular weight excluding hydrogens is 325 g/mol. The molecule has 0 aliphatic carbocycles. The van der Waals surface area contributed by atoms with Crippen LogP contribution in [0, 0.1) is 13.8 Å². The molecule has 1 N–H and O–H groups in total. The van der Waals surface area contributed by atoms with E-state index >= 15 is 0 Å². The number of aromatic amines is 1. The van der Waals surface area contributed by atoms with Crippen molar-refractivity contribution < 1.29 is 17.9 Å². The molecule has 0 spiro atoms. The number of ether oxygens (including phenoxy) is 1. The first-order chi connectivity index (χ1) is 11.3. The van der Waals surface area contributed by atoms with E-state index in [2.05, 4.69) is 25.0 Å². The molecule has 1 saturated heterocycles. The highest BCUT2D eigenvalue weighted by atomic mass is 19.4. The fourth-order valence-corrected chi connectivity index (χ4v) is 2.79. The highest BCUT2D eigenvalue weighted by Crippen LogP contribution is 2.24. The number of nitrogens with zero attached hydrogens (tertiary/aromatic N) is 5. The molecule has 2 aromatic heterocycles. The number of alkyl halides is 3. The number of rotatable bonds is 4. The Hall–Kier alpha value is -1.94. The smallest absolute Gasteiger partial charge is 0.378 e. The van der Waals surface area contributed by atoms with Gasteiger partial charge in [0.25, 0.3) is 0 Å². The van der Waals surface area contributed by atoms with Gasteiger partial charge < -0.3 is 9.72 Å². The minimum atomic E-state index is -4.32. The van der Waals surface area contributed by atoms with Gasteiger partial charge in [0.1, 0.15) is 18.7 Å². The number of aromatic nitrogens is 5. The Kier molecular flexibility index (Phi) is 4.59. The second-order valence-electron chi connectivity index (χ2n) is 5.87. The van der Waals surface area contributed by atoms with Crippen molar-refractivity contribution in [2.75, 3.05) is 19.8 Å². The first-order valence-corrected chi connectivity index (χ1v) is 7.62. The molecule has 0 saturated carbocycles. The summed E-state index contributed by atoms with van der Waals surface area (Å²) in [6.45, 7) is 4.79. The maximum Gasteiger partial charge on any atom is 0.408 e. The van der Waals surface area contributed by atoms with Crippen LogP contribution in [0.4, 0.5) is 13.2 Å². The molecule has 0 radical (unpaired) electrons. The van der Waals surface area contributed by atoms with Gasteiger partial charge in [0.2, 0.25) is 0 Å². The molecular formula is C14H19F3N6O. The van der Waals surface area contributed by atoms with E-state index in [0.717, 1.165) is 28.2 Å². The highest BCUT2D eigenvalue weighted by molar-refractivity contribution is 5.13. The molecule has 0 bridgehead atoms. The van der Waals surface area contributed by atoms with E-state index < -0.39 is 12.7 Å². The molecule has 0 amide bonds. The summed E-state index contributed by atoms with van der Waals surface area (Å²) in [5.41, 5.74) is 1.89. The van der Waals surface area contributed by atoms with Gasteiger partial charge in [-0.1, -0.05) is 0 Å². The average Bonchev–Trinajstić information content (AvgIpc) is 3.05. The summed E-state index contributed by atoms with van der Waals surface area (Å²) in [5.74, 6) is 1.17. The fraction of sp³-hybridized carbons (Fsp3) is 0.643. The van der Waals surface area contributed by atoms with Crippen molar-refractivity contribution in [2.24, 2.45) is 0 Å². The van der Waals surface area contributed by atoms with E-state index in [9.17, 15) is 13.2 Å². The van der Waals surface area contributed by atoms with Crippen molar-refractivity contribution in [3.05, 3.63) is 29.4 Å². The Morgan fingerprint density at radius 2 is 2.17 bits per heavy atom. The molecule has 10 heteroatoms. The predicted octanol–water partition coefficient (Wildman–Crippen LogP) is 1.75. The molecule has 1 atom stereocenters. The molecule has 3 heterocycles. The van der Waals surface area contributed by atoms with Gasteiger partial charge in [-0.15, -0.1) is 0 Å². The van der Waals surface area contributed by atoms with Crippen LogP contribution in [0.1, 0.15) is 29.1 Å². The van der Waals surface area contributed by atoms with Crippen LogP contribution in [-0.4, -0.2) is 55.6 Å². The van der Waals surface area contributed by atoms with Crippen LogP contribution in [-0.2, 0) is 17.8 Å². The Morgan fingerprint density at radius 3 is 2.83 bits per heavy atom. The molecule has 1 unspecified atom stereocenters. The number of morpholine rings is 1. The maximum atomic E-state index is 12.5. The van der Waals surface area contributed by atoms with Crippen LogP contribution in [0.2, 0.25) is 0 Å². The van der Waals surface area contributed by atoms with Crippen LogP contribution in [0.3, 0.4) is 0 Å². The summed E-state index contributed by atoms with van der Waals surface area (Å²) in [6.07, 6.45) is -3.21. The van der Waals surface area contributed by atoms with Crippen LogP contribution in [0.25, 0.3) is 0 Å². The zero-order valence-corrected chi connectivity index (χ0v) is 13.5. The third-order valence-corrected chi connectivity index (χ3v) is 3.89. The second-order valence-corrected chi connectivity index (χ2v) is 5.87. The van der Waals surface area contributed by atoms with Gasteiger partial charge in [-0.3, -0.25) is 4.90 Å². The van der Waals surface area contributed by atoms with Crippen molar-refractivity contribution in [2.45, 2.75) is 39.2 Å². The summed E-state index contributed by atoms with van der Waals surface area (Å²) in [6, 6.07) is -0.287. The van der Waals surface area contributed by atoms with E-state index in [0.29, 0.717) is 32.1 Å². The van der Waals surface area contributed by atoms with Gasteiger partial charge in [-0.25, -0.2) is 14.6 Å². The third-order valence-electron chi connectivity index (χ3n) is 3.89. The van der Waals surface area contributed by atoms with Crippen LogP contribution in [0.15, 0.2) is 6.33 Å². The van der Waals surface area contributed by atoms with Gasteiger partial charge in [-0.2, -0.15) is 18.3 Å². The van der Waals surface area contributed by atoms with Crippen LogP contribution < -0.4 is 0 Å². The Morgan fingerprint density at radius 1 is 1.38 bits per heavy atom. The lowest BCUT2D eigenvalue weighted by atomic mass is 10.2. The Labute approximate surface area is 136 Å². The molecule has 1 aliphatic heterocycles. The maximum absolute atomic E-state index is 12.5. The molecule has 132 valence electrons. The average molecular weight is 344 g/mol. The van der Waals surface area contributed by atoms with Gasteiger partial charge in [0.15, 0.2) is 5.82 Å². The molecule has 7 nitrogen and oxygen atoms in total. The van der Waals surface area contributed by atoms with Crippen LogP contribution in [0.5, 0.6) is 0 Å². The summed E-state index contributed by atoms with van der Waals surface area (Å²) in [5, 5.41) is 3.97. The zero-order valence-electron chi connectivity index (χ0n) is 13.5. The molecule has 1 aliphatic rings. The third kappa shape index (κ3) is 3.93. The lowest BCUT2D eigenvalue weighted by Gasteiger charge is -2.33. The summed E-state index contributed by atoms with van der Waals surface area (Å²) in [4.78, 5) is 13.7. The second kappa shape index (κ2) is 6.52. The first-order valence-electron chi connectivity index (χ1n) is 7.62. The summed E-state index contributed by atoms with van der Waals surface area (Å²) >= 11 is 0. The lowest BCUT2D eigenvalue weighted by molar-refractivity contribution is -0.142. The number of H-pyrrole nitrogens is 1. The Balaban J connectivity index is 1.76. The van der Waals surface area contributed by atoms with Crippen molar-refractivity contribution in [3.8, 4) is 0 Å². The van der Waals surface area contributed by atoms with E-state index in [1.54, 1.807) is 0 Å². The number of nitrogens with one attached hydrogen (secondary N) is 1. The lowest BCUT2D eigenvalue weighted by Crippen LogP contribution is -2.39. The quantitative estimate of drug-likeness (QED) is 0.915. The number of hydrogen-bond donors (Lipinski definition) is 1. The summed E-state index contributed by atoms with van der Waals surface area (Å²) < 4.78 is 43.7. The predicted molar refractivity (Wildman–Crippen MR) is 78.1 cm³/mol. The minimum Gasteiger partial charge on any atom is -0.378 e. The molecule has 1 fully saturated rings. The van der Waals surface area contributed by atoms with E-state index in [-0.39, 0.29) is 6.04 Å². The summed E-state index contributed by atoms with van der Waals surface area (Å²) in [7, 11) is 0. The standard InChI is InChI=1S/C14H19F3N6O/c1-9-11(20-10(2)19-9)5-22-3-4-24-6-12(22)13-18-8-23(21-13)7-14(15,16)17/h8,12H,3-7H2,1-2H3,(H,19,20). The van der Waals surface area contributed by atoms with Crippen LogP contribution >= 0.6 is 0 Å². The number of hydrogen-bond acceptors (Lipinski definition) is 5. The van der Waals surface area contributed by atoms with Crippen molar-refractivity contribution in [3.63, 3.8) is 0 Å². The monoisotopic (exact) mass is 344 g/mol. The number of halogens is 3. The van der Waals surface area contributed by atoms with Crippen molar-refractivity contribution in [1.82, 2.24) is 29.6 Å². The van der Waals surface area contributed by atoms with Gasteiger partial charge >= 0.3 is 6.18 Å². The van der Waals surface area contributed by atoms with E-state index in [1.165, 1.54) is 0 Å². The van der Waals surface area contributed by atoms with Crippen molar-refractivity contribution >= 4 is 0 Å². The van der Waals surface area contributed by atoms with Crippen molar-refractivity contribution in [1.29, 1.82) is 0 Å². The zero-order chi connectivity index (χ0) is 17.3. The number of aryl methyl sites for hydroxylation is 2. The molecule has 24 heavy (non-hydrogen) atoms. The fourth-order valence-electron chi connectivity index (χ4n) is 2.79. The SMILES string of the molecule is Cc1nc(CN2CCOCC2c2ncn(CC(F)(F)F)n2)c(C)[nH]1. The van der Waals surface area contributed by atoms with E-state index in [4.69, 9.17) is 4.74 Å². The first kappa shape index (κ1) is 16.9. The van der Waals surface area contributed by atoms with Gasteiger partial charge in [0.05, 0.1) is 24.9 Å². The molecule has 0 aromatic carbocycles.